The molecule has 1 amide bonds. The number of piperidine rings is 1. The van der Waals surface area contributed by atoms with Gasteiger partial charge in [0, 0.05) is 31.9 Å². The highest BCUT2D eigenvalue weighted by molar-refractivity contribution is 7.91. The molecule has 1 aromatic heterocycles. The summed E-state index contributed by atoms with van der Waals surface area (Å²) in [6.07, 6.45) is 4.21. The van der Waals surface area contributed by atoms with Crippen molar-refractivity contribution in [3.8, 4) is 0 Å². The highest BCUT2D eigenvalue weighted by Gasteiger charge is 2.33. The highest BCUT2D eigenvalue weighted by atomic mass is 32.2. The first-order valence-electron chi connectivity index (χ1n) is 8.99. The zero-order valence-electron chi connectivity index (χ0n) is 14.9. The van der Waals surface area contributed by atoms with Crippen LogP contribution in [0.5, 0.6) is 0 Å². The quantitative estimate of drug-likeness (QED) is 0.800. The van der Waals surface area contributed by atoms with Crippen molar-refractivity contribution < 1.29 is 13.2 Å². The van der Waals surface area contributed by atoms with Crippen molar-refractivity contribution in [2.45, 2.75) is 39.2 Å². The number of carbonyl (C=O) groups is 1. The minimum atomic E-state index is -2.98. The molecule has 8 heteroatoms. The van der Waals surface area contributed by atoms with Crippen LogP contribution in [0.3, 0.4) is 0 Å². The van der Waals surface area contributed by atoms with Crippen molar-refractivity contribution >= 4 is 21.7 Å². The lowest BCUT2D eigenvalue weighted by atomic mass is 9.99. The molecule has 2 fully saturated rings. The Morgan fingerprint density at radius 3 is 2.64 bits per heavy atom. The van der Waals surface area contributed by atoms with Crippen LogP contribution in [0.25, 0.3) is 0 Å². The second kappa shape index (κ2) is 7.27. The largest absolute Gasteiger partial charge is 0.337 e. The van der Waals surface area contributed by atoms with Gasteiger partial charge < -0.3 is 9.80 Å². The lowest BCUT2D eigenvalue weighted by molar-refractivity contribution is 0.0691. The third-order valence-electron chi connectivity index (χ3n) is 5.18. The average molecular weight is 366 g/mol. The number of rotatable bonds is 4. The molecule has 0 saturated carbocycles. The molecule has 7 nitrogen and oxygen atoms in total. The summed E-state index contributed by atoms with van der Waals surface area (Å²) in [6.45, 7) is 6.29. The van der Waals surface area contributed by atoms with E-state index >= 15 is 0 Å². The van der Waals surface area contributed by atoms with Crippen molar-refractivity contribution in [1.82, 2.24) is 14.9 Å². The van der Waals surface area contributed by atoms with Crippen LogP contribution in [0.15, 0.2) is 12.3 Å². The monoisotopic (exact) mass is 366 g/mol. The molecule has 0 radical (unpaired) electrons. The number of sulfone groups is 1. The molecule has 1 atom stereocenters. The smallest absolute Gasteiger partial charge is 0.272 e. The maximum absolute atomic E-state index is 12.7. The minimum Gasteiger partial charge on any atom is -0.337 e. The average Bonchev–Trinajstić information content (AvgIpc) is 2.95. The van der Waals surface area contributed by atoms with Gasteiger partial charge in [-0.1, -0.05) is 6.92 Å². The fourth-order valence-electron chi connectivity index (χ4n) is 3.56. The number of hydrogen-bond acceptors (Lipinski definition) is 6. The van der Waals surface area contributed by atoms with E-state index in [1.165, 1.54) is 0 Å². The van der Waals surface area contributed by atoms with Gasteiger partial charge in [-0.25, -0.2) is 18.4 Å². The normalized spacial score (nSPS) is 23.6. The summed E-state index contributed by atoms with van der Waals surface area (Å²) in [7, 11) is -2.98. The number of hydrogen-bond donors (Lipinski definition) is 0. The van der Waals surface area contributed by atoms with Gasteiger partial charge in [-0.2, -0.15) is 0 Å². The molecule has 1 unspecified atom stereocenters. The van der Waals surface area contributed by atoms with E-state index < -0.39 is 9.84 Å². The molecular weight excluding hydrogens is 340 g/mol. The maximum Gasteiger partial charge on any atom is 0.272 e. The molecule has 25 heavy (non-hydrogen) atoms. The molecular formula is C17H26N4O3S. The van der Waals surface area contributed by atoms with Crippen LogP contribution in [0.2, 0.25) is 0 Å². The number of anilines is 1. The van der Waals surface area contributed by atoms with Crippen LogP contribution in [0.4, 0.5) is 5.95 Å². The highest BCUT2D eigenvalue weighted by Crippen LogP contribution is 2.22. The molecule has 0 aliphatic carbocycles. The van der Waals surface area contributed by atoms with Gasteiger partial charge in [0.1, 0.15) is 5.69 Å². The fraction of sp³-hybridized carbons (Fsp3) is 0.706. The van der Waals surface area contributed by atoms with Crippen molar-refractivity contribution in [1.29, 1.82) is 0 Å². The van der Waals surface area contributed by atoms with E-state index in [-0.39, 0.29) is 23.5 Å². The van der Waals surface area contributed by atoms with Crippen LogP contribution in [-0.4, -0.2) is 66.4 Å². The van der Waals surface area contributed by atoms with Gasteiger partial charge in [-0.3, -0.25) is 4.79 Å². The Labute approximate surface area is 149 Å². The van der Waals surface area contributed by atoms with Crippen molar-refractivity contribution in [2.24, 2.45) is 5.92 Å². The summed E-state index contributed by atoms with van der Waals surface area (Å²) >= 11 is 0. The van der Waals surface area contributed by atoms with Gasteiger partial charge in [0.2, 0.25) is 5.95 Å². The third-order valence-corrected chi connectivity index (χ3v) is 6.93. The fourth-order valence-corrected chi connectivity index (χ4v) is 5.29. The van der Waals surface area contributed by atoms with Gasteiger partial charge in [0.05, 0.1) is 11.5 Å². The Kier molecular flexibility index (Phi) is 5.27. The van der Waals surface area contributed by atoms with Gasteiger partial charge in [-0.15, -0.1) is 0 Å². The van der Waals surface area contributed by atoms with Crippen LogP contribution in [0, 0.1) is 5.92 Å². The summed E-state index contributed by atoms with van der Waals surface area (Å²) in [5.41, 5.74) is 0.388. The summed E-state index contributed by atoms with van der Waals surface area (Å²) in [5, 5.41) is 0. The zero-order chi connectivity index (χ0) is 18.0. The molecule has 0 bridgehead atoms. The van der Waals surface area contributed by atoms with Gasteiger partial charge in [0.15, 0.2) is 9.84 Å². The summed E-state index contributed by atoms with van der Waals surface area (Å²) in [4.78, 5) is 25.2. The summed E-state index contributed by atoms with van der Waals surface area (Å²) in [6, 6.07) is 1.53. The first-order valence-corrected chi connectivity index (χ1v) is 10.8. The van der Waals surface area contributed by atoms with E-state index in [0.717, 1.165) is 25.9 Å². The Balaban J connectivity index is 1.77. The molecule has 3 heterocycles. The van der Waals surface area contributed by atoms with Crippen molar-refractivity contribution in [3.05, 3.63) is 18.0 Å². The second-order valence-corrected chi connectivity index (χ2v) is 9.29. The Morgan fingerprint density at radius 1 is 1.32 bits per heavy atom. The zero-order valence-corrected chi connectivity index (χ0v) is 15.7. The van der Waals surface area contributed by atoms with E-state index in [1.807, 2.05) is 16.7 Å². The maximum atomic E-state index is 12.7. The Bertz CT molecular complexity index is 729. The lowest BCUT2D eigenvalue weighted by Gasteiger charge is -2.30. The molecule has 1 aromatic rings. The van der Waals surface area contributed by atoms with Gasteiger partial charge >= 0.3 is 0 Å². The van der Waals surface area contributed by atoms with Crippen LogP contribution in [-0.2, 0) is 9.84 Å². The van der Waals surface area contributed by atoms with E-state index in [1.54, 1.807) is 12.3 Å². The van der Waals surface area contributed by atoms with E-state index in [0.29, 0.717) is 30.5 Å². The Hall–Kier alpha value is -1.70. The molecule has 3 rings (SSSR count). The Morgan fingerprint density at radius 2 is 2.04 bits per heavy atom. The van der Waals surface area contributed by atoms with Crippen molar-refractivity contribution in [3.63, 3.8) is 0 Å². The molecule has 2 aliphatic rings. The first kappa shape index (κ1) is 18.1. The number of carbonyl (C=O) groups excluding carboxylic acids is 1. The minimum absolute atomic E-state index is 0.0642. The second-order valence-electron chi connectivity index (χ2n) is 7.06. The van der Waals surface area contributed by atoms with Crippen LogP contribution >= 0.6 is 0 Å². The topological polar surface area (TPSA) is 83.5 Å². The summed E-state index contributed by atoms with van der Waals surface area (Å²) in [5.74, 6) is 1.38. The van der Waals surface area contributed by atoms with Gasteiger partial charge in [-0.05, 0) is 38.2 Å². The SMILES string of the molecule is CCN(c1nccc(C(=O)N2CCC(C)CC2)n1)C1CCS(=O)(=O)C1. The van der Waals surface area contributed by atoms with E-state index in [4.69, 9.17) is 0 Å². The summed E-state index contributed by atoms with van der Waals surface area (Å²) < 4.78 is 23.5. The van der Waals surface area contributed by atoms with Crippen LogP contribution < -0.4 is 4.90 Å². The number of aromatic nitrogens is 2. The molecule has 0 aromatic carbocycles. The molecule has 2 saturated heterocycles. The van der Waals surface area contributed by atoms with E-state index in [2.05, 4.69) is 16.9 Å². The third kappa shape index (κ3) is 4.11. The lowest BCUT2D eigenvalue weighted by Crippen LogP contribution is -2.40. The number of amides is 1. The molecule has 138 valence electrons. The van der Waals surface area contributed by atoms with Gasteiger partial charge in [0.25, 0.3) is 5.91 Å². The van der Waals surface area contributed by atoms with Crippen LogP contribution in [0.1, 0.15) is 43.6 Å². The first-order chi connectivity index (χ1) is 11.9. The number of likely N-dealkylation sites (tertiary alicyclic amines) is 1. The van der Waals surface area contributed by atoms with E-state index in [9.17, 15) is 13.2 Å². The number of nitrogens with zero attached hydrogens (tertiary/aromatic N) is 4. The molecule has 0 spiro atoms. The predicted molar refractivity (Wildman–Crippen MR) is 96.4 cm³/mol. The van der Waals surface area contributed by atoms with Crippen molar-refractivity contribution in [2.75, 3.05) is 36.0 Å². The predicted octanol–water partition coefficient (Wildman–Crippen LogP) is 1.36. The molecule has 2 aliphatic heterocycles. The molecule has 0 N–H and O–H groups in total. The standard InChI is InChI=1S/C17H26N4O3S/c1-3-21(14-7-11-25(23,24)12-14)17-18-8-4-15(19-17)16(22)20-9-5-13(2)6-10-20/h4,8,13-14H,3,5-7,9-12H2,1-2H3.